The number of carbonyl (C=O) groups excluding carboxylic acids is 1. The fraction of sp³-hybridized carbons (Fsp3) is 0.500. The maximum Gasteiger partial charge on any atom is 0.220 e. The van der Waals surface area contributed by atoms with E-state index in [9.17, 15) is 9.18 Å². The number of nitrogens with zero attached hydrogens (tertiary/aromatic N) is 5. The molecule has 1 aliphatic rings. The quantitative estimate of drug-likeness (QED) is 0.506. The van der Waals surface area contributed by atoms with E-state index in [0.29, 0.717) is 43.2 Å². The van der Waals surface area contributed by atoms with E-state index in [2.05, 4.69) is 27.3 Å². The first-order chi connectivity index (χ1) is 16.9. The Bertz CT molecular complexity index is 1190. The van der Waals surface area contributed by atoms with Gasteiger partial charge < -0.3 is 15.0 Å². The molecular weight excluding hydrogens is 447 g/mol. The van der Waals surface area contributed by atoms with Crippen molar-refractivity contribution in [3.63, 3.8) is 0 Å². The predicted molar refractivity (Wildman–Crippen MR) is 135 cm³/mol. The molecule has 4 rings (SSSR count). The van der Waals surface area contributed by atoms with Crippen LogP contribution in [0, 0.1) is 19.7 Å². The third-order valence-corrected chi connectivity index (χ3v) is 6.61. The highest BCUT2D eigenvalue weighted by molar-refractivity contribution is 5.86. The lowest BCUT2D eigenvalue weighted by Crippen LogP contribution is -2.46. The number of ether oxygens (including phenoxy) is 1. The van der Waals surface area contributed by atoms with Crippen LogP contribution in [0.15, 0.2) is 24.3 Å². The third-order valence-electron chi connectivity index (χ3n) is 6.61. The maximum absolute atomic E-state index is 13.9. The molecule has 3 aromatic rings. The summed E-state index contributed by atoms with van der Waals surface area (Å²) in [5, 5.41) is 8.59. The van der Waals surface area contributed by atoms with Crippen molar-refractivity contribution in [3.8, 4) is 11.6 Å². The zero-order valence-corrected chi connectivity index (χ0v) is 21.1. The topological polar surface area (TPSA) is 75.5 Å². The molecule has 9 heteroatoms. The number of halogens is 1. The summed E-state index contributed by atoms with van der Waals surface area (Å²) >= 11 is 0. The van der Waals surface area contributed by atoms with Crippen molar-refractivity contribution >= 4 is 16.9 Å². The minimum absolute atomic E-state index is 0.0215. The molecule has 1 aromatic carbocycles. The van der Waals surface area contributed by atoms with Crippen LogP contribution in [0.4, 0.5) is 4.39 Å². The van der Waals surface area contributed by atoms with Gasteiger partial charge in [0.05, 0.1) is 18.0 Å². The zero-order chi connectivity index (χ0) is 24.9. The Kier molecular flexibility index (Phi) is 7.97. The van der Waals surface area contributed by atoms with Gasteiger partial charge >= 0.3 is 0 Å². The normalized spacial score (nSPS) is 15.0. The number of amides is 1. The van der Waals surface area contributed by atoms with Gasteiger partial charge in [0.1, 0.15) is 5.82 Å². The van der Waals surface area contributed by atoms with Crippen molar-refractivity contribution < 1.29 is 13.9 Å². The van der Waals surface area contributed by atoms with Gasteiger partial charge in [0.15, 0.2) is 5.65 Å². The van der Waals surface area contributed by atoms with Crippen molar-refractivity contribution in [2.75, 3.05) is 52.9 Å². The van der Waals surface area contributed by atoms with Gasteiger partial charge in [-0.1, -0.05) is 6.07 Å². The monoisotopic (exact) mass is 482 g/mol. The first-order valence-electron chi connectivity index (χ1n) is 12.3. The van der Waals surface area contributed by atoms with E-state index in [4.69, 9.17) is 9.72 Å². The molecule has 2 aromatic heterocycles. The van der Waals surface area contributed by atoms with E-state index < -0.39 is 0 Å². The highest BCUT2D eigenvalue weighted by Gasteiger charge is 2.21. The predicted octanol–water partition coefficient (Wildman–Crippen LogP) is 2.87. The fourth-order valence-corrected chi connectivity index (χ4v) is 4.62. The van der Waals surface area contributed by atoms with E-state index in [0.717, 1.165) is 54.9 Å². The molecule has 0 unspecified atom stereocenters. The van der Waals surface area contributed by atoms with Crippen molar-refractivity contribution in [3.05, 3.63) is 46.9 Å². The molecule has 3 heterocycles. The van der Waals surface area contributed by atoms with Crippen LogP contribution in [0.5, 0.6) is 5.88 Å². The molecule has 1 saturated heterocycles. The van der Waals surface area contributed by atoms with Crippen molar-refractivity contribution in [1.82, 2.24) is 29.9 Å². The number of hydrogen-bond donors (Lipinski definition) is 1. The molecule has 8 nitrogen and oxygen atoms in total. The summed E-state index contributed by atoms with van der Waals surface area (Å²) in [4.78, 5) is 22.1. The Balaban J connectivity index is 1.49. The van der Waals surface area contributed by atoms with E-state index in [1.54, 1.807) is 16.8 Å². The standard InChI is InChI=1S/C26H35FN6O2/c1-5-35-26-22(9-10-23(34)28-11-12-32-15-13-31(4)14-16-32)18(2)24-19(3)30-33(25(24)29-26)21-8-6-7-20(27)17-21/h6-8,17H,5,9-16H2,1-4H3,(H,28,34). The third kappa shape index (κ3) is 5.79. The smallest absolute Gasteiger partial charge is 0.220 e. The molecule has 0 radical (unpaired) electrons. The number of pyridine rings is 1. The Morgan fingerprint density at radius 1 is 1.20 bits per heavy atom. The number of fused-ring (bicyclic) bond motifs is 1. The van der Waals surface area contributed by atoms with Crippen molar-refractivity contribution in [2.24, 2.45) is 0 Å². The molecule has 1 amide bonds. The molecule has 1 fully saturated rings. The molecule has 0 aliphatic carbocycles. The Hall–Kier alpha value is -3.04. The molecule has 35 heavy (non-hydrogen) atoms. The second-order valence-electron chi connectivity index (χ2n) is 9.12. The summed E-state index contributed by atoms with van der Waals surface area (Å²) in [6.45, 7) is 12.0. The Labute approximate surface area is 206 Å². The minimum atomic E-state index is -0.333. The number of aromatic nitrogens is 3. The minimum Gasteiger partial charge on any atom is -0.478 e. The van der Waals surface area contributed by atoms with E-state index >= 15 is 0 Å². The van der Waals surface area contributed by atoms with E-state index in [-0.39, 0.29) is 11.7 Å². The lowest BCUT2D eigenvalue weighted by Gasteiger charge is -2.32. The van der Waals surface area contributed by atoms with Crippen LogP contribution >= 0.6 is 0 Å². The highest BCUT2D eigenvalue weighted by Crippen LogP contribution is 2.32. The lowest BCUT2D eigenvalue weighted by molar-refractivity contribution is -0.121. The second kappa shape index (κ2) is 11.1. The molecule has 1 aliphatic heterocycles. The summed E-state index contributed by atoms with van der Waals surface area (Å²) in [6, 6.07) is 6.29. The summed E-state index contributed by atoms with van der Waals surface area (Å²) in [7, 11) is 2.14. The van der Waals surface area contributed by atoms with Crippen LogP contribution in [0.25, 0.3) is 16.7 Å². The van der Waals surface area contributed by atoms with Gasteiger partial charge in [-0.25, -0.2) is 9.07 Å². The highest BCUT2D eigenvalue weighted by atomic mass is 19.1. The maximum atomic E-state index is 13.9. The number of rotatable bonds is 9. The van der Waals surface area contributed by atoms with Gasteiger partial charge in [-0.05, 0) is 58.0 Å². The number of likely N-dealkylation sites (N-methyl/N-ethyl adjacent to an activating group) is 1. The van der Waals surface area contributed by atoms with Crippen LogP contribution in [-0.2, 0) is 11.2 Å². The van der Waals surface area contributed by atoms with Gasteiger partial charge in [-0.3, -0.25) is 9.69 Å². The van der Waals surface area contributed by atoms with Gasteiger partial charge in [-0.15, -0.1) is 0 Å². The largest absolute Gasteiger partial charge is 0.478 e. The van der Waals surface area contributed by atoms with Gasteiger partial charge in [0.2, 0.25) is 11.8 Å². The summed E-state index contributed by atoms with van der Waals surface area (Å²) in [5.74, 6) is 0.189. The van der Waals surface area contributed by atoms with Gasteiger partial charge in [0.25, 0.3) is 0 Å². The zero-order valence-electron chi connectivity index (χ0n) is 21.1. The van der Waals surface area contributed by atoms with Gasteiger partial charge in [-0.2, -0.15) is 10.1 Å². The van der Waals surface area contributed by atoms with Crippen LogP contribution in [-0.4, -0.2) is 83.4 Å². The first kappa shape index (κ1) is 25.1. The molecular formula is C26H35FN6O2. The average Bonchev–Trinajstić information content (AvgIpc) is 3.16. The summed E-state index contributed by atoms with van der Waals surface area (Å²) < 4.78 is 21.4. The molecule has 0 spiro atoms. The van der Waals surface area contributed by atoms with Crippen LogP contribution in [0.3, 0.4) is 0 Å². The molecule has 188 valence electrons. The SMILES string of the molecule is CCOc1nc2c(c(C)nn2-c2cccc(F)c2)c(C)c1CCC(=O)NCCN1CCN(C)CC1. The number of nitrogens with one attached hydrogen (secondary N) is 1. The second-order valence-corrected chi connectivity index (χ2v) is 9.12. The van der Waals surface area contributed by atoms with Crippen molar-refractivity contribution in [2.45, 2.75) is 33.6 Å². The molecule has 1 N–H and O–H groups in total. The van der Waals surface area contributed by atoms with E-state index in [1.807, 2.05) is 20.8 Å². The Morgan fingerprint density at radius 3 is 2.69 bits per heavy atom. The van der Waals surface area contributed by atoms with Crippen LogP contribution in [0.1, 0.15) is 30.2 Å². The molecule has 0 saturated carbocycles. The number of hydrogen-bond acceptors (Lipinski definition) is 6. The molecule has 0 bridgehead atoms. The van der Waals surface area contributed by atoms with E-state index in [1.165, 1.54) is 12.1 Å². The van der Waals surface area contributed by atoms with Crippen LogP contribution in [0.2, 0.25) is 0 Å². The number of aryl methyl sites for hydroxylation is 2. The number of piperazine rings is 1. The number of benzene rings is 1. The summed E-state index contributed by atoms with van der Waals surface area (Å²) in [5.41, 5.74) is 3.92. The Morgan fingerprint density at radius 2 is 1.97 bits per heavy atom. The molecule has 0 atom stereocenters. The lowest BCUT2D eigenvalue weighted by atomic mass is 10.0. The number of carbonyl (C=O) groups is 1. The average molecular weight is 483 g/mol. The fourth-order valence-electron chi connectivity index (χ4n) is 4.62. The van der Waals surface area contributed by atoms with Crippen molar-refractivity contribution in [1.29, 1.82) is 0 Å². The van der Waals surface area contributed by atoms with Crippen LogP contribution < -0.4 is 10.1 Å². The summed E-state index contributed by atoms with van der Waals surface area (Å²) in [6.07, 6.45) is 0.878. The first-order valence-corrected chi connectivity index (χ1v) is 12.3. The van der Waals surface area contributed by atoms with Gasteiger partial charge in [0, 0.05) is 56.6 Å².